The molecule has 2 aromatic rings. The third-order valence-electron chi connectivity index (χ3n) is 4.27. The summed E-state index contributed by atoms with van der Waals surface area (Å²) in [5.41, 5.74) is 1.13. The molecule has 146 valence electrons. The summed E-state index contributed by atoms with van der Waals surface area (Å²) in [5, 5.41) is 0.820. The zero-order valence-corrected chi connectivity index (χ0v) is 16.3. The number of aryl methyl sites for hydroxylation is 1. The summed E-state index contributed by atoms with van der Waals surface area (Å²) < 4.78 is 39.7. The van der Waals surface area contributed by atoms with Gasteiger partial charge in [0.2, 0.25) is 0 Å². The van der Waals surface area contributed by atoms with Crippen molar-refractivity contribution in [1.82, 2.24) is 4.98 Å². The number of halogens is 2. The van der Waals surface area contributed by atoms with Gasteiger partial charge in [0.1, 0.15) is 5.78 Å². The average molecular weight is 395 g/mol. The lowest BCUT2D eigenvalue weighted by Crippen LogP contribution is -2.04. The molecule has 0 saturated heterocycles. The van der Waals surface area contributed by atoms with Crippen LogP contribution in [-0.4, -0.2) is 24.0 Å². The maximum atomic E-state index is 14.4. The van der Waals surface area contributed by atoms with Crippen molar-refractivity contribution >= 4 is 17.1 Å². The summed E-state index contributed by atoms with van der Waals surface area (Å²) in [6, 6.07) is 2.53. The summed E-state index contributed by atoms with van der Waals surface area (Å²) in [6.07, 6.45) is 3.15. The van der Waals surface area contributed by atoms with Crippen molar-refractivity contribution in [1.29, 1.82) is 0 Å². The standard InChI is InChI=1S/C20H23F2NO3S/c1-12(24)4-3-7-26-19-16(21)8-15(9-17(19)22)20-18(23-13(2)27-20)11-25-10-14-5-6-14/h8-9,14H,3-7,10-11H2,1-2H3. The summed E-state index contributed by atoms with van der Waals surface area (Å²) in [4.78, 5) is 16.1. The average Bonchev–Trinajstić information content (AvgIpc) is 3.34. The number of nitrogens with zero attached hydrogens (tertiary/aromatic N) is 1. The van der Waals surface area contributed by atoms with E-state index in [1.54, 1.807) is 0 Å². The van der Waals surface area contributed by atoms with E-state index >= 15 is 0 Å². The van der Waals surface area contributed by atoms with Crippen LogP contribution in [0.2, 0.25) is 0 Å². The first-order valence-electron chi connectivity index (χ1n) is 9.09. The van der Waals surface area contributed by atoms with Crippen molar-refractivity contribution in [2.24, 2.45) is 5.92 Å². The number of ether oxygens (including phenoxy) is 2. The normalized spacial score (nSPS) is 13.8. The summed E-state index contributed by atoms with van der Waals surface area (Å²) in [7, 11) is 0. The van der Waals surface area contributed by atoms with Gasteiger partial charge in [-0.15, -0.1) is 11.3 Å². The van der Waals surface area contributed by atoms with Crippen molar-refractivity contribution in [3.05, 3.63) is 34.5 Å². The fraction of sp³-hybridized carbons (Fsp3) is 0.500. The quantitative estimate of drug-likeness (QED) is 0.527. The number of carbonyl (C=O) groups excluding carboxylic acids is 1. The highest BCUT2D eigenvalue weighted by atomic mass is 32.1. The molecule has 0 unspecified atom stereocenters. The van der Waals surface area contributed by atoms with Crippen LogP contribution in [0.15, 0.2) is 12.1 Å². The third kappa shape index (κ3) is 5.56. The van der Waals surface area contributed by atoms with E-state index in [2.05, 4.69) is 4.98 Å². The molecule has 0 spiro atoms. The molecule has 1 saturated carbocycles. The van der Waals surface area contributed by atoms with Gasteiger partial charge in [0.25, 0.3) is 0 Å². The number of carbonyl (C=O) groups is 1. The predicted molar refractivity (Wildman–Crippen MR) is 100.0 cm³/mol. The Kier molecular flexibility index (Phi) is 6.55. The van der Waals surface area contributed by atoms with E-state index in [0.717, 1.165) is 5.01 Å². The van der Waals surface area contributed by atoms with Gasteiger partial charge in [-0.05, 0) is 56.7 Å². The Morgan fingerprint density at radius 3 is 2.63 bits per heavy atom. The molecule has 1 aliphatic carbocycles. The van der Waals surface area contributed by atoms with Gasteiger partial charge in [-0.3, -0.25) is 0 Å². The predicted octanol–water partition coefficient (Wildman–Crippen LogP) is 5.07. The van der Waals surface area contributed by atoms with E-state index in [9.17, 15) is 13.6 Å². The monoisotopic (exact) mass is 395 g/mol. The molecule has 0 amide bonds. The fourth-order valence-corrected chi connectivity index (χ4v) is 3.63. The highest BCUT2D eigenvalue weighted by Crippen LogP contribution is 2.35. The highest BCUT2D eigenvalue weighted by Gasteiger charge is 2.22. The number of rotatable bonds is 10. The summed E-state index contributed by atoms with van der Waals surface area (Å²) in [6.45, 7) is 4.46. The van der Waals surface area contributed by atoms with Gasteiger partial charge in [0.15, 0.2) is 17.4 Å². The number of ketones is 1. The number of hydrogen-bond donors (Lipinski definition) is 0. The van der Waals surface area contributed by atoms with Gasteiger partial charge >= 0.3 is 0 Å². The molecular formula is C20H23F2NO3S. The number of benzene rings is 1. The van der Waals surface area contributed by atoms with Crippen molar-refractivity contribution in [3.8, 4) is 16.2 Å². The number of aromatic nitrogens is 1. The molecule has 27 heavy (non-hydrogen) atoms. The fourth-order valence-electron chi connectivity index (χ4n) is 2.72. The SMILES string of the molecule is CC(=O)CCCOc1c(F)cc(-c2sc(C)nc2COCC2CC2)cc1F. The Labute approximate surface area is 161 Å². The molecule has 0 aliphatic heterocycles. The van der Waals surface area contributed by atoms with Crippen LogP contribution in [0, 0.1) is 24.5 Å². The molecular weight excluding hydrogens is 372 g/mol. The largest absolute Gasteiger partial charge is 0.488 e. The van der Waals surface area contributed by atoms with E-state index < -0.39 is 17.4 Å². The summed E-state index contributed by atoms with van der Waals surface area (Å²) >= 11 is 1.39. The van der Waals surface area contributed by atoms with Crippen molar-refractivity contribution in [3.63, 3.8) is 0 Å². The molecule has 4 nitrogen and oxygen atoms in total. The van der Waals surface area contributed by atoms with E-state index in [0.29, 0.717) is 48.1 Å². The van der Waals surface area contributed by atoms with Gasteiger partial charge < -0.3 is 14.3 Å². The van der Waals surface area contributed by atoms with Crippen LogP contribution >= 0.6 is 11.3 Å². The topological polar surface area (TPSA) is 48.4 Å². The molecule has 1 heterocycles. The second kappa shape index (κ2) is 8.89. The van der Waals surface area contributed by atoms with Crippen molar-refractivity contribution in [2.75, 3.05) is 13.2 Å². The van der Waals surface area contributed by atoms with Gasteiger partial charge in [0.05, 0.1) is 28.8 Å². The zero-order valence-electron chi connectivity index (χ0n) is 15.5. The summed E-state index contributed by atoms with van der Waals surface area (Å²) in [5.74, 6) is -1.27. The molecule has 0 bridgehead atoms. The zero-order chi connectivity index (χ0) is 19.4. The Balaban J connectivity index is 1.72. The third-order valence-corrected chi connectivity index (χ3v) is 5.34. The van der Waals surface area contributed by atoms with Crippen LogP contribution in [0.4, 0.5) is 8.78 Å². The molecule has 0 N–H and O–H groups in total. The van der Waals surface area contributed by atoms with Crippen LogP contribution in [0.1, 0.15) is 43.3 Å². The van der Waals surface area contributed by atoms with Gasteiger partial charge in [-0.1, -0.05) is 0 Å². The van der Waals surface area contributed by atoms with E-state index in [-0.39, 0.29) is 12.4 Å². The van der Waals surface area contributed by atoms with Gasteiger partial charge in [0, 0.05) is 13.0 Å². The van der Waals surface area contributed by atoms with E-state index in [4.69, 9.17) is 9.47 Å². The molecule has 7 heteroatoms. The lowest BCUT2D eigenvalue weighted by Gasteiger charge is -2.10. The molecule has 1 aromatic carbocycles. The first-order valence-corrected chi connectivity index (χ1v) is 9.91. The molecule has 1 aromatic heterocycles. The maximum Gasteiger partial charge on any atom is 0.190 e. The molecule has 1 aliphatic rings. The van der Waals surface area contributed by atoms with Gasteiger partial charge in [-0.2, -0.15) is 0 Å². The molecule has 0 atom stereocenters. The smallest absolute Gasteiger partial charge is 0.190 e. The van der Waals surface area contributed by atoms with Crippen LogP contribution in [0.25, 0.3) is 10.4 Å². The maximum absolute atomic E-state index is 14.4. The second-order valence-corrected chi connectivity index (χ2v) is 8.09. The Hall–Kier alpha value is -1.86. The van der Waals surface area contributed by atoms with Crippen LogP contribution in [0.3, 0.4) is 0 Å². The minimum Gasteiger partial charge on any atom is -0.488 e. The minimum absolute atomic E-state index is 0.0203. The lowest BCUT2D eigenvalue weighted by molar-refractivity contribution is -0.117. The number of Topliss-reactive ketones (excluding diaryl/α,β-unsaturated/α-hetero) is 1. The van der Waals surface area contributed by atoms with Crippen molar-refractivity contribution < 1.29 is 23.0 Å². The van der Waals surface area contributed by atoms with Crippen LogP contribution < -0.4 is 4.74 Å². The molecule has 1 fully saturated rings. The number of thiazole rings is 1. The van der Waals surface area contributed by atoms with E-state index in [1.165, 1.54) is 43.2 Å². The lowest BCUT2D eigenvalue weighted by atomic mass is 10.1. The first-order chi connectivity index (χ1) is 12.9. The van der Waals surface area contributed by atoms with Gasteiger partial charge in [-0.25, -0.2) is 13.8 Å². The number of hydrogen-bond acceptors (Lipinski definition) is 5. The second-order valence-electron chi connectivity index (χ2n) is 6.89. The Morgan fingerprint density at radius 1 is 1.30 bits per heavy atom. The van der Waals surface area contributed by atoms with Crippen LogP contribution in [-0.2, 0) is 16.1 Å². The highest BCUT2D eigenvalue weighted by molar-refractivity contribution is 7.15. The van der Waals surface area contributed by atoms with Crippen molar-refractivity contribution in [2.45, 2.75) is 46.1 Å². The van der Waals surface area contributed by atoms with E-state index in [1.807, 2.05) is 6.92 Å². The first kappa shape index (κ1) is 19.9. The molecule has 0 radical (unpaired) electrons. The minimum atomic E-state index is -0.760. The van der Waals surface area contributed by atoms with Crippen LogP contribution in [0.5, 0.6) is 5.75 Å². The molecule has 3 rings (SSSR count). The Morgan fingerprint density at radius 2 is 2.00 bits per heavy atom. The Bertz CT molecular complexity index is 795.